The number of anilines is 1. The Morgan fingerprint density at radius 2 is 2.15 bits per heavy atom. The van der Waals surface area contributed by atoms with Crippen LogP contribution in [-0.4, -0.2) is 17.8 Å². The molecular formula is C11H15NO. The monoisotopic (exact) mass is 177 g/mol. The van der Waals surface area contributed by atoms with Crippen molar-refractivity contribution in [1.29, 1.82) is 0 Å². The Balaban J connectivity index is 2.47. The molecule has 1 aliphatic heterocycles. The molecule has 70 valence electrons. The summed E-state index contributed by atoms with van der Waals surface area (Å²) >= 11 is 0. The highest BCUT2D eigenvalue weighted by Gasteiger charge is 2.17. The molecule has 0 amide bonds. The molecule has 0 radical (unpaired) electrons. The normalized spacial score (nSPS) is 20.7. The summed E-state index contributed by atoms with van der Waals surface area (Å²) < 4.78 is 0. The maximum Gasteiger partial charge on any atom is 0.0753 e. The molecule has 0 aliphatic carbocycles. The molecule has 0 saturated carbocycles. The zero-order valence-corrected chi connectivity index (χ0v) is 8.09. The van der Waals surface area contributed by atoms with Crippen molar-refractivity contribution >= 4 is 5.69 Å². The first-order valence-corrected chi connectivity index (χ1v) is 4.69. The standard InChI is InChI=1S/C11H15NO/c1-7-3-4-9-5-10(13)6-12-11(9)8(7)2/h3-4,10,12-13H,5-6H2,1-2H3. The van der Waals surface area contributed by atoms with Gasteiger partial charge in [0.1, 0.15) is 0 Å². The smallest absolute Gasteiger partial charge is 0.0753 e. The Morgan fingerprint density at radius 1 is 1.38 bits per heavy atom. The first-order chi connectivity index (χ1) is 6.18. The fraction of sp³-hybridized carbons (Fsp3) is 0.455. The second kappa shape index (κ2) is 3.04. The van der Waals surface area contributed by atoms with Crippen LogP contribution >= 0.6 is 0 Å². The van der Waals surface area contributed by atoms with Gasteiger partial charge in [-0.25, -0.2) is 0 Å². The minimum absolute atomic E-state index is 0.227. The van der Waals surface area contributed by atoms with Gasteiger partial charge in [-0.05, 0) is 30.5 Å². The Hall–Kier alpha value is -1.02. The Bertz CT molecular complexity index is 333. The summed E-state index contributed by atoms with van der Waals surface area (Å²) in [5.41, 5.74) is 5.08. The van der Waals surface area contributed by atoms with Crippen molar-refractivity contribution in [2.24, 2.45) is 0 Å². The van der Waals surface area contributed by atoms with Gasteiger partial charge in [-0.3, -0.25) is 0 Å². The van der Waals surface area contributed by atoms with E-state index in [4.69, 9.17) is 0 Å². The number of aliphatic hydroxyl groups excluding tert-OH is 1. The molecule has 1 aromatic carbocycles. The Labute approximate surface area is 78.6 Å². The van der Waals surface area contributed by atoms with Gasteiger partial charge in [0.2, 0.25) is 0 Å². The molecule has 2 rings (SSSR count). The fourth-order valence-corrected chi connectivity index (χ4v) is 1.83. The number of aryl methyl sites for hydroxylation is 1. The van der Waals surface area contributed by atoms with Crippen molar-refractivity contribution in [2.45, 2.75) is 26.4 Å². The minimum Gasteiger partial charge on any atom is -0.391 e. The molecule has 1 heterocycles. The van der Waals surface area contributed by atoms with E-state index < -0.39 is 0 Å². The second-order valence-electron chi connectivity index (χ2n) is 3.78. The van der Waals surface area contributed by atoms with Crippen LogP contribution in [0.1, 0.15) is 16.7 Å². The Kier molecular flexibility index (Phi) is 2.00. The number of β-amino-alcohol motifs (C(OH)–C–C–N with tert-alkyl or cyclic N) is 1. The van der Waals surface area contributed by atoms with Gasteiger partial charge in [0, 0.05) is 18.7 Å². The molecule has 2 N–H and O–H groups in total. The molecule has 0 bridgehead atoms. The predicted molar refractivity (Wildman–Crippen MR) is 54.1 cm³/mol. The lowest BCUT2D eigenvalue weighted by Crippen LogP contribution is -2.28. The zero-order valence-electron chi connectivity index (χ0n) is 8.09. The van der Waals surface area contributed by atoms with E-state index in [9.17, 15) is 5.11 Å². The molecule has 2 heteroatoms. The van der Waals surface area contributed by atoms with E-state index in [1.54, 1.807) is 0 Å². The van der Waals surface area contributed by atoms with Gasteiger partial charge in [-0.2, -0.15) is 0 Å². The van der Waals surface area contributed by atoms with Gasteiger partial charge in [-0.15, -0.1) is 0 Å². The maximum absolute atomic E-state index is 9.45. The van der Waals surface area contributed by atoms with Crippen molar-refractivity contribution in [1.82, 2.24) is 0 Å². The van der Waals surface area contributed by atoms with Gasteiger partial charge in [0.25, 0.3) is 0 Å². The lowest BCUT2D eigenvalue weighted by atomic mass is 9.96. The van der Waals surface area contributed by atoms with Gasteiger partial charge >= 0.3 is 0 Å². The molecule has 0 spiro atoms. The first kappa shape index (κ1) is 8.57. The van der Waals surface area contributed by atoms with Crippen molar-refractivity contribution < 1.29 is 5.11 Å². The van der Waals surface area contributed by atoms with E-state index in [0.29, 0.717) is 6.54 Å². The van der Waals surface area contributed by atoms with Crippen LogP contribution in [0.2, 0.25) is 0 Å². The third-order valence-corrected chi connectivity index (χ3v) is 2.79. The summed E-state index contributed by atoms with van der Waals surface area (Å²) in [7, 11) is 0. The lowest BCUT2D eigenvalue weighted by molar-refractivity contribution is 0.184. The van der Waals surface area contributed by atoms with E-state index in [1.165, 1.54) is 22.4 Å². The van der Waals surface area contributed by atoms with Gasteiger partial charge in [-0.1, -0.05) is 12.1 Å². The van der Waals surface area contributed by atoms with Crippen molar-refractivity contribution in [3.63, 3.8) is 0 Å². The number of fused-ring (bicyclic) bond motifs is 1. The van der Waals surface area contributed by atoms with Crippen molar-refractivity contribution in [2.75, 3.05) is 11.9 Å². The van der Waals surface area contributed by atoms with Crippen LogP contribution in [0.5, 0.6) is 0 Å². The number of nitrogens with one attached hydrogen (secondary N) is 1. The van der Waals surface area contributed by atoms with Crippen LogP contribution in [-0.2, 0) is 6.42 Å². The summed E-state index contributed by atoms with van der Waals surface area (Å²) in [6.45, 7) is 4.92. The van der Waals surface area contributed by atoms with E-state index in [2.05, 4.69) is 31.3 Å². The summed E-state index contributed by atoms with van der Waals surface area (Å²) in [5, 5.41) is 12.7. The number of rotatable bonds is 0. The van der Waals surface area contributed by atoms with Crippen LogP contribution in [0, 0.1) is 13.8 Å². The predicted octanol–water partition coefficient (Wildman–Crippen LogP) is 1.63. The molecule has 1 aromatic rings. The van der Waals surface area contributed by atoms with Gasteiger partial charge in [0.15, 0.2) is 0 Å². The van der Waals surface area contributed by atoms with E-state index in [1.807, 2.05) is 0 Å². The zero-order chi connectivity index (χ0) is 9.42. The molecule has 2 nitrogen and oxygen atoms in total. The summed E-state index contributed by atoms with van der Waals surface area (Å²) in [5.74, 6) is 0. The Morgan fingerprint density at radius 3 is 2.92 bits per heavy atom. The molecule has 1 aliphatic rings. The third-order valence-electron chi connectivity index (χ3n) is 2.79. The molecule has 13 heavy (non-hydrogen) atoms. The minimum atomic E-state index is -0.227. The highest BCUT2D eigenvalue weighted by Crippen LogP contribution is 2.27. The summed E-state index contributed by atoms with van der Waals surface area (Å²) in [4.78, 5) is 0. The number of aliphatic hydroxyl groups is 1. The quantitative estimate of drug-likeness (QED) is 0.631. The molecule has 0 fully saturated rings. The van der Waals surface area contributed by atoms with Crippen LogP contribution in [0.3, 0.4) is 0 Å². The SMILES string of the molecule is Cc1ccc2c(c1C)NCC(O)C2. The van der Waals surface area contributed by atoms with Gasteiger partial charge < -0.3 is 10.4 Å². The average Bonchev–Trinajstić information content (AvgIpc) is 2.12. The lowest BCUT2D eigenvalue weighted by Gasteiger charge is -2.24. The second-order valence-corrected chi connectivity index (χ2v) is 3.78. The molecule has 1 atom stereocenters. The number of benzene rings is 1. The average molecular weight is 177 g/mol. The highest BCUT2D eigenvalue weighted by molar-refractivity contribution is 5.61. The number of hydrogen-bond acceptors (Lipinski definition) is 2. The van der Waals surface area contributed by atoms with Gasteiger partial charge in [0.05, 0.1) is 6.10 Å². The van der Waals surface area contributed by atoms with E-state index in [0.717, 1.165) is 6.42 Å². The van der Waals surface area contributed by atoms with E-state index in [-0.39, 0.29) is 6.10 Å². The molecule has 1 unspecified atom stereocenters. The summed E-state index contributed by atoms with van der Waals surface area (Å²) in [6.07, 6.45) is 0.554. The first-order valence-electron chi connectivity index (χ1n) is 4.69. The highest BCUT2D eigenvalue weighted by atomic mass is 16.3. The van der Waals surface area contributed by atoms with Crippen LogP contribution in [0.15, 0.2) is 12.1 Å². The third kappa shape index (κ3) is 1.42. The van der Waals surface area contributed by atoms with Crippen molar-refractivity contribution in [3.05, 3.63) is 28.8 Å². The van der Waals surface area contributed by atoms with Crippen LogP contribution < -0.4 is 5.32 Å². The van der Waals surface area contributed by atoms with Crippen LogP contribution in [0.4, 0.5) is 5.69 Å². The van der Waals surface area contributed by atoms with Crippen molar-refractivity contribution in [3.8, 4) is 0 Å². The maximum atomic E-state index is 9.45. The summed E-state index contributed by atoms with van der Waals surface area (Å²) in [6, 6.07) is 4.22. The number of hydrogen-bond donors (Lipinski definition) is 2. The molecule has 0 aromatic heterocycles. The molecular weight excluding hydrogens is 162 g/mol. The molecule has 0 saturated heterocycles. The topological polar surface area (TPSA) is 32.3 Å². The van der Waals surface area contributed by atoms with Crippen LogP contribution in [0.25, 0.3) is 0 Å². The largest absolute Gasteiger partial charge is 0.391 e. The fourth-order valence-electron chi connectivity index (χ4n) is 1.83. The van der Waals surface area contributed by atoms with E-state index >= 15 is 0 Å².